The number of nitrogens with zero attached hydrogens (tertiary/aromatic N) is 1. The number of benzene rings is 1. The van der Waals surface area contributed by atoms with Crippen LogP contribution in [0.25, 0.3) is 6.08 Å². The Morgan fingerprint density at radius 3 is 2.66 bits per heavy atom. The predicted octanol–water partition coefficient (Wildman–Crippen LogP) is 3.93. The Hall–Kier alpha value is -2.15. The van der Waals surface area contributed by atoms with Crippen LogP contribution >= 0.6 is 11.6 Å². The van der Waals surface area contributed by atoms with E-state index >= 15 is 0 Å². The van der Waals surface area contributed by atoms with E-state index in [1.165, 1.54) is 11.0 Å². The third-order valence-electron chi connectivity index (χ3n) is 6.62. The minimum Gasteiger partial charge on any atom is -0.508 e. The van der Waals surface area contributed by atoms with Gasteiger partial charge in [-0.15, -0.1) is 0 Å². The summed E-state index contributed by atoms with van der Waals surface area (Å²) in [7, 11) is 0. The summed E-state index contributed by atoms with van der Waals surface area (Å²) in [5.41, 5.74) is 3.38. The van der Waals surface area contributed by atoms with E-state index in [9.17, 15) is 24.9 Å². The number of phenols is 1. The van der Waals surface area contributed by atoms with Crippen LogP contribution in [-0.4, -0.2) is 51.3 Å². The fraction of sp³-hybridized carbons (Fsp3) is 0.520. The molecule has 0 spiro atoms. The molecule has 1 aliphatic heterocycles. The normalized spacial score (nSPS) is 24.9. The fourth-order valence-corrected chi connectivity index (χ4v) is 5.35. The average molecular weight is 462 g/mol. The number of fused-ring (bicyclic) bond motifs is 1. The number of carbonyl (C=O) groups is 2. The quantitative estimate of drug-likeness (QED) is 0.402. The molecule has 0 bridgehead atoms. The topological polar surface area (TPSA) is 98.1 Å². The van der Waals surface area contributed by atoms with Crippen molar-refractivity contribution in [1.29, 1.82) is 0 Å². The third kappa shape index (κ3) is 4.77. The highest BCUT2D eigenvalue weighted by Gasteiger charge is 2.53. The lowest BCUT2D eigenvalue weighted by Crippen LogP contribution is -2.38. The van der Waals surface area contributed by atoms with Crippen LogP contribution in [0, 0.1) is 17.8 Å². The van der Waals surface area contributed by atoms with E-state index in [4.69, 9.17) is 11.6 Å². The summed E-state index contributed by atoms with van der Waals surface area (Å²) in [5, 5.41) is 31.1. The molecular weight excluding hydrogens is 430 g/mol. The van der Waals surface area contributed by atoms with Crippen molar-refractivity contribution in [1.82, 2.24) is 4.90 Å². The minimum atomic E-state index is -0.810. The first-order valence-corrected chi connectivity index (χ1v) is 11.6. The molecule has 174 valence electrons. The van der Waals surface area contributed by atoms with Crippen LogP contribution < -0.4 is 0 Å². The molecule has 3 N–H and O–H groups in total. The van der Waals surface area contributed by atoms with E-state index < -0.39 is 23.9 Å². The van der Waals surface area contributed by atoms with Crippen molar-refractivity contribution >= 4 is 29.5 Å². The number of halogens is 1. The summed E-state index contributed by atoms with van der Waals surface area (Å²) in [6.45, 7) is 5.87. The zero-order valence-corrected chi connectivity index (χ0v) is 19.6. The zero-order chi connectivity index (χ0) is 23.6. The summed E-state index contributed by atoms with van der Waals surface area (Å²) < 4.78 is 0. The molecule has 0 unspecified atom stereocenters. The van der Waals surface area contributed by atoms with Crippen molar-refractivity contribution in [3.05, 3.63) is 45.5 Å². The van der Waals surface area contributed by atoms with E-state index in [0.717, 1.165) is 16.7 Å². The van der Waals surface area contributed by atoms with Gasteiger partial charge in [0.05, 0.1) is 29.6 Å². The van der Waals surface area contributed by atoms with Gasteiger partial charge in [-0.2, -0.15) is 0 Å². The highest BCUT2D eigenvalue weighted by molar-refractivity contribution is 6.32. The zero-order valence-electron chi connectivity index (χ0n) is 18.8. The number of phenolic OH excluding ortho intramolecular Hbond substituents is 1. The van der Waals surface area contributed by atoms with Gasteiger partial charge in [0.1, 0.15) is 5.75 Å². The van der Waals surface area contributed by atoms with Crippen molar-refractivity contribution in [3.8, 4) is 5.75 Å². The number of likely N-dealkylation sites (tertiary alicyclic amines) is 1. The molecule has 2 aliphatic rings. The second kappa shape index (κ2) is 10.2. The maximum atomic E-state index is 13.0. The molecule has 6 nitrogen and oxygen atoms in total. The number of allylic oxidation sites excluding steroid dienone is 2. The maximum absolute atomic E-state index is 13.0. The average Bonchev–Trinajstić information content (AvgIpc) is 2.98. The number of amides is 2. The van der Waals surface area contributed by atoms with Crippen LogP contribution in [0.1, 0.15) is 52.0 Å². The number of aliphatic hydroxyl groups excluding tert-OH is 2. The number of carbonyl (C=O) groups excluding carboxylic acids is 2. The van der Waals surface area contributed by atoms with Gasteiger partial charge in [0.2, 0.25) is 11.8 Å². The van der Waals surface area contributed by atoms with Gasteiger partial charge in [-0.05, 0) is 68.9 Å². The maximum Gasteiger partial charge on any atom is 0.233 e. The molecule has 0 radical (unpaired) electrons. The van der Waals surface area contributed by atoms with E-state index in [-0.39, 0.29) is 24.2 Å². The number of imide groups is 1. The standard InChI is InChI=1S/C25H32ClNO5/c1-4-9-27-24(31)18-11-15(3)22(19(13-28)23(18)25(27)32)21(30)8-5-14(2)10-16-6-7-17(29)12-20(16)26/h6-7,10,12,18-19,21,23,28-30H,4-5,8-9,11,13H2,1-3H3/b14-10+/t18-,19+,21-,23-/m1/s1. The fourth-order valence-electron chi connectivity index (χ4n) is 5.12. The van der Waals surface area contributed by atoms with Gasteiger partial charge in [-0.1, -0.05) is 35.7 Å². The van der Waals surface area contributed by atoms with Gasteiger partial charge in [0, 0.05) is 12.5 Å². The molecule has 1 aliphatic carbocycles. The first-order chi connectivity index (χ1) is 15.2. The van der Waals surface area contributed by atoms with Crippen LogP contribution in [0.4, 0.5) is 0 Å². The summed E-state index contributed by atoms with van der Waals surface area (Å²) in [6, 6.07) is 4.79. The Kier molecular flexibility index (Phi) is 7.80. The third-order valence-corrected chi connectivity index (χ3v) is 6.95. The lowest BCUT2D eigenvalue weighted by Gasteiger charge is -2.35. The summed E-state index contributed by atoms with van der Waals surface area (Å²) >= 11 is 6.17. The Bertz CT molecular complexity index is 954. The van der Waals surface area contributed by atoms with Crippen LogP contribution in [-0.2, 0) is 9.59 Å². The first-order valence-electron chi connectivity index (χ1n) is 11.2. The van der Waals surface area contributed by atoms with Gasteiger partial charge in [0.15, 0.2) is 0 Å². The molecule has 0 saturated carbocycles. The Balaban J connectivity index is 1.76. The second-order valence-electron chi connectivity index (χ2n) is 8.94. The predicted molar refractivity (Wildman–Crippen MR) is 124 cm³/mol. The molecule has 1 aromatic rings. The second-order valence-corrected chi connectivity index (χ2v) is 9.35. The molecule has 1 fully saturated rings. The Morgan fingerprint density at radius 2 is 2.03 bits per heavy atom. The van der Waals surface area contributed by atoms with Crippen LogP contribution in [0.5, 0.6) is 5.75 Å². The van der Waals surface area contributed by atoms with Gasteiger partial charge >= 0.3 is 0 Å². The molecule has 32 heavy (non-hydrogen) atoms. The van der Waals surface area contributed by atoms with Crippen LogP contribution in [0.2, 0.25) is 5.02 Å². The molecule has 1 heterocycles. The van der Waals surface area contributed by atoms with Gasteiger partial charge < -0.3 is 15.3 Å². The van der Waals surface area contributed by atoms with Crippen molar-refractivity contribution in [2.45, 2.75) is 52.6 Å². The lowest BCUT2D eigenvalue weighted by atomic mass is 9.68. The van der Waals surface area contributed by atoms with Crippen molar-refractivity contribution in [2.24, 2.45) is 17.8 Å². The number of rotatable bonds is 8. The van der Waals surface area contributed by atoms with E-state index in [1.807, 2.05) is 26.8 Å². The van der Waals surface area contributed by atoms with Crippen molar-refractivity contribution in [2.75, 3.05) is 13.2 Å². The smallest absolute Gasteiger partial charge is 0.233 e. The number of aliphatic hydroxyl groups is 2. The van der Waals surface area contributed by atoms with Crippen LogP contribution in [0.3, 0.4) is 0 Å². The number of hydrogen-bond donors (Lipinski definition) is 3. The number of aromatic hydroxyl groups is 1. The SMILES string of the molecule is CCCN1C(=O)[C@@H]2[C@@H](CC(C)=C([C@H](O)CC/C(C)=C/c3ccc(O)cc3Cl)[C@@H]2CO)C1=O. The molecule has 4 atom stereocenters. The monoisotopic (exact) mass is 461 g/mol. The molecule has 7 heteroatoms. The summed E-state index contributed by atoms with van der Waals surface area (Å²) in [5.74, 6) is -1.86. The molecular formula is C25H32ClNO5. The van der Waals surface area contributed by atoms with E-state index in [2.05, 4.69) is 0 Å². The Labute approximate surface area is 194 Å². The highest BCUT2D eigenvalue weighted by atomic mass is 35.5. The van der Waals surface area contributed by atoms with Crippen LogP contribution in [0.15, 0.2) is 34.9 Å². The number of hydrogen-bond acceptors (Lipinski definition) is 5. The summed E-state index contributed by atoms with van der Waals surface area (Å²) in [6.07, 6.45) is 3.26. The minimum absolute atomic E-state index is 0.103. The van der Waals surface area contributed by atoms with E-state index in [1.54, 1.807) is 12.1 Å². The van der Waals surface area contributed by atoms with Gasteiger partial charge in [0.25, 0.3) is 0 Å². The molecule has 3 rings (SSSR count). The Morgan fingerprint density at radius 1 is 1.31 bits per heavy atom. The molecule has 1 aromatic carbocycles. The lowest BCUT2D eigenvalue weighted by molar-refractivity contribution is -0.140. The first kappa shape index (κ1) is 24.5. The largest absolute Gasteiger partial charge is 0.508 e. The molecule has 0 aromatic heterocycles. The van der Waals surface area contributed by atoms with Crippen molar-refractivity contribution < 1.29 is 24.9 Å². The van der Waals surface area contributed by atoms with Crippen molar-refractivity contribution in [3.63, 3.8) is 0 Å². The highest BCUT2D eigenvalue weighted by Crippen LogP contribution is 2.46. The molecule has 1 saturated heterocycles. The molecule has 2 amide bonds. The van der Waals surface area contributed by atoms with Gasteiger partial charge in [-0.3, -0.25) is 14.5 Å². The summed E-state index contributed by atoms with van der Waals surface area (Å²) in [4.78, 5) is 27.1. The van der Waals surface area contributed by atoms with Gasteiger partial charge in [-0.25, -0.2) is 0 Å². The van der Waals surface area contributed by atoms with E-state index in [0.29, 0.717) is 42.8 Å².